The van der Waals surface area contributed by atoms with Gasteiger partial charge in [0, 0.05) is 5.56 Å². The van der Waals surface area contributed by atoms with Crippen molar-refractivity contribution < 1.29 is 24.2 Å². The Balaban J connectivity index is 2.12. The SMILES string of the molecule is COc1ccc2ccc(OC)c(/C=C3/SC(=S)N(CC(=O)O)C3=O)c2c1. The van der Waals surface area contributed by atoms with Crippen LogP contribution >= 0.6 is 24.0 Å². The number of carbonyl (C=O) groups is 2. The molecular formula is C18H15NO5S2. The number of carboxylic acids is 1. The highest BCUT2D eigenvalue weighted by Gasteiger charge is 2.33. The fourth-order valence-corrected chi connectivity index (χ4v) is 3.90. The predicted octanol–water partition coefficient (Wildman–Crippen LogP) is 3.14. The second-order valence-electron chi connectivity index (χ2n) is 5.43. The lowest BCUT2D eigenvalue weighted by Crippen LogP contribution is -2.33. The Hall–Kier alpha value is -2.58. The van der Waals surface area contributed by atoms with Gasteiger partial charge in [-0.1, -0.05) is 36.1 Å². The summed E-state index contributed by atoms with van der Waals surface area (Å²) in [5.74, 6) is -0.271. The number of ether oxygens (including phenoxy) is 2. The number of fused-ring (bicyclic) bond motifs is 1. The highest BCUT2D eigenvalue weighted by atomic mass is 32.2. The molecule has 0 saturated carbocycles. The standard InChI is InChI=1S/C18H15NO5S2/c1-23-11-5-3-10-4-6-14(24-2)13(12(10)7-11)8-15-17(22)19(9-16(20)21)18(25)26-15/h3-8H,9H2,1-2H3,(H,20,21)/b15-8+. The Labute approximate surface area is 159 Å². The molecule has 2 aromatic carbocycles. The number of rotatable bonds is 5. The first-order valence-corrected chi connectivity index (χ1v) is 8.79. The van der Waals surface area contributed by atoms with Crippen LogP contribution < -0.4 is 9.47 Å². The van der Waals surface area contributed by atoms with Gasteiger partial charge in [0.05, 0.1) is 19.1 Å². The Morgan fingerprint density at radius 2 is 2.00 bits per heavy atom. The van der Waals surface area contributed by atoms with E-state index in [0.29, 0.717) is 22.0 Å². The van der Waals surface area contributed by atoms with Gasteiger partial charge in [-0.2, -0.15) is 0 Å². The van der Waals surface area contributed by atoms with Gasteiger partial charge in [0.1, 0.15) is 22.4 Å². The molecule has 1 aliphatic rings. The zero-order chi connectivity index (χ0) is 18.8. The number of aliphatic carboxylic acids is 1. The summed E-state index contributed by atoms with van der Waals surface area (Å²) in [7, 11) is 3.13. The zero-order valence-corrected chi connectivity index (χ0v) is 15.6. The van der Waals surface area contributed by atoms with Crippen molar-refractivity contribution in [1.29, 1.82) is 0 Å². The highest BCUT2D eigenvalue weighted by Crippen LogP contribution is 2.37. The molecule has 0 spiro atoms. The molecule has 0 unspecified atom stereocenters. The van der Waals surface area contributed by atoms with E-state index in [1.54, 1.807) is 20.3 Å². The number of methoxy groups -OCH3 is 2. The maximum Gasteiger partial charge on any atom is 0.323 e. The topological polar surface area (TPSA) is 76.1 Å². The molecule has 1 fully saturated rings. The van der Waals surface area contributed by atoms with Gasteiger partial charge in [-0.05, 0) is 35.0 Å². The van der Waals surface area contributed by atoms with E-state index >= 15 is 0 Å². The van der Waals surface area contributed by atoms with E-state index in [-0.39, 0.29) is 4.32 Å². The lowest BCUT2D eigenvalue weighted by molar-refractivity contribution is -0.140. The van der Waals surface area contributed by atoms with Gasteiger partial charge in [-0.15, -0.1) is 0 Å². The minimum atomic E-state index is -1.12. The largest absolute Gasteiger partial charge is 0.497 e. The molecule has 26 heavy (non-hydrogen) atoms. The summed E-state index contributed by atoms with van der Waals surface area (Å²) in [6, 6.07) is 9.37. The van der Waals surface area contributed by atoms with Gasteiger partial charge in [-0.3, -0.25) is 14.5 Å². The average Bonchev–Trinajstić information content (AvgIpc) is 2.88. The fourth-order valence-electron chi connectivity index (χ4n) is 2.66. The minimum Gasteiger partial charge on any atom is -0.497 e. The maximum atomic E-state index is 12.5. The molecule has 1 amide bonds. The van der Waals surface area contributed by atoms with E-state index in [9.17, 15) is 9.59 Å². The summed E-state index contributed by atoms with van der Waals surface area (Å²) in [6.07, 6.45) is 1.68. The third-order valence-electron chi connectivity index (χ3n) is 3.89. The first-order valence-electron chi connectivity index (χ1n) is 7.56. The molecule has 8 heteroatoms. The number of thioether (sulfide) groups is 1. The molecule has 1 aliphatic heterocycles. The maximum absolute atomic E-state index is 12.5. The quantitative estimate of drug-likeness (QED) is 0.622. The molecule has 0 radical (unpaired) electrons. The molecule has 1 heterocycles. The number of nitrogens with zero attached hydrogens (tertiary/aromatic N) is 1. The van der Waals surface area contributed by atoms with E-state index in [4.69, 9.17) is 26.8 Å². The number of carbonyl (C=O) groups excluding carboxylic acids is 1. The highest BCUT2D eigenvalue weighted by molar-refractivity contribution is 8.26. The van der Waals surface area contributed by atoms with Crippen LogP contribution in [-0.4, -0.2) is 47.0 Å². The van der Waals surface area contributed by atoms with Crippen molar-refractivity contribution >= 4 is 57.0 Å². The van der Waals surface area contributed by atoms with Gasteiger partial charge in [0.15, 0.2) is 0 Å². The first-order chi connectivity index (χ1) is 12.4. The molecule has 1 saturated heterocycles. The van der Waals surface area contributed by atoms with Gasteiger partial charge in [-0.25, -0.2) is 0 Å². The smallest absolute Gasteiger partial charge is 0.323 e. The van der Waals surface area contributed by atoms with Crippen LogP contribution in [0.3, 0.4) is 0 Å². The van der Waals surface area contributed by atoms with E-state index in [2.05, 4.69) is 0 Å². The lowest BCUT2D eigenvalue weighted by atomic mass is 10.0. The van der Waals surface area contributed by atoms with E-state index in [1.807, 2.05) is 30.3 Å². The summed E-state index contributed by atoms with van der Waals surface area (Å²) in [4.78, 5) is 24.9. The fraction of sp³-hybridized carbons (Fsp3) is 0.167. The van der Waals surface area contributed by atoms with Crippen LogP contribution in [0.1, 0.15) is 5.56 Å². The van der Waals surface area contributed by atoms with Crippen LogP contribution in [-0.2, 0) is 9.59 Å². The zero-order valence-electron chi connectivity index (χ0n) is 14.0. The molecule has 134 valence electrons. The van der Waals surface area contributed by atoms with Crippen molar-refractivity contribution in [3.63, 3.8) is 0 Å². The number of benzene rings is 2. The third-order valence-corrected chi connectivity index (χ3v) is 5.27. The van der Waals surface area contributed by atoms with Crippen molar-refractivity contribution in [2.24, 2.45) is 0 Å². The number of thiocarbonyl (C=S) groups is 1. The lowest BCUT2D eigenvalue weighted by Gasteiger charge is -2.11. The molecule has 0 aliphatic carbocycles. The molecule has 0 atom stereocenters. The summed E-state index contributed by atoms with van der Waals surface area (Å²) < 4.78 is 11.0. The Morgan fingerprint density at radius 1 is 1.27 bits per heavy atom. The number of amides is 1. The Morgan fingerprint density at radius 3 is 2.65 bits per heavy atom. The predicted molar refractivity (Wildman–Crippen MR) is 105 cm³/mol. The van der Waals surface area contributed by atoms with Gasteiger partial charge < -0.3 is 14.6 Å². The average molecular weight is 389 g/mol. The van der Waals surface area contributed by atoms with E-state index in [1.165, 1.54) is 0 Å². The van der Waals surface area contributed by atoms with Crippen LogP contribution in [0.25, 0.3) is 16.8 Å². The summed E-state index contributed by atoms with van der Waals surface area (Å²) in [5.41, 5.74) is 0.708. The Kier molecular flexibility index (Phi) is 5.15. The first kappa shape index (κ1) is 18.2. The van der Waals surface area contributed by atoms with Crippen molar-refractivity contribution in [2.45, 2.75) is 0 Å². The van der Waals surface area contributed by atoms with Crippen molar-refractivity contribution in [3.8, 4) is 11.5 Å². The molecule has 6 nitrogen and oxygen atoms in total. The molecule has 1 N–H and O–H groups in total. The van der Waals surface area contributed by atoms with E-state index < -0.39 is 18.4 Å². The van der Waals surface area contributed by atoms with Gasteiger partial charge >= 0.3 is 5.97 Å². The second kappa shape index (κ2) is 7.35. The number of hydrogen-bond donors (Lipinski definition) is 1. The normalized spacial score (nSPS) is 15.8. The number of hydrogen-bond acceptors (Lipinski definition) is 6. The van der Waals surface area contributed by atoms with Crippen molar-refractivity contribution in [3.05, 3.63) is 40.8 Å². The van der Waals surface area contributed by atoms with Gasteiger partial charge in [0.25, 0.3) is 5.91 Å². The molecule has 3 rings (SSSR count). The Bertz CT molecular complexity index is 949. The molecule has 0 bridgehead atoms. The van der Waals surface area contributed by atoms with E-state index in [0.717, 1.165) is 27.4 Å². The van der Waals surface area contributed by atoms with Crippen molar-refractivity contribution in [2.75, 3.05) is 20.8 Å². The molecular weight excluding hydrogens is 374 g/mol. The molecule has 0 aromatic heterocycles. The second-order valence-corrected chi connectivity index (χ2v) is 7.11. The summed E-state index contributed by atoms with van der Waals surface area (Å²) in [6.45, 7) is -0.456. The van der Waals surface area contributed by atoms with Crippen LogP contribution in [0.5, 0.6) is 11.5 Å². The molecule has 2 aromatic rings. The van der Waals surface area contributed by atoms with Crippen LogP contribution in [0.15, 0.2) is 35.2 Å². The van der Waals surface area contributed by atoms with Crippen molar-refractivity contribution in [1.82, 2.24) is 4.90 Å². The minimum absolute atomic E-state index is 0.223. The summed E-state index contributed by atoms with van der Waals surface area (Å²) in [5, 5.41) is 10.8. The third kappa shape index (κ3) is 3.38. The van der Waals surface area contributed by atoms with Gasteiger partial charge in [0.2, 0.25) is 0 Å². The van der Waals surface area contributed by atoms with Crippen LogP contribution in [0.4, 0.5) is 0 Å². The monoisotopic (exact) mass is 389 g/mol. The number of carboxylic acid groups (broad SMARTS) is 1. The van der Waals surface area contributed by atoms with Crippen LogP contribution in [0.2, 0.25) is 0 Å². The van der Waals surface area contributed by atoms with Crippen LogP contribution in [0, 0.1) is 0 Å². The summed E-state index contributed by atoms with van der Waals surface area (Å²) >= 11 is 6.21.